The molecule has 2 rings (SSSR count). The lowest BCUT2D eigenvalue weighted by molar-refractivity contribution is 0.350. The molecule has 2 N–H and O–H groups in total. The normalized spacial score (nSPS) is 22.5. The zero-order chi connectivity index (χ0) is 9.97. The summed E-state index contributed by atoms with van der Waals surface area (Å²) in [5.41, 5.74) is 0. The minimum atomic E-state index is 0.0578. The van der Waals surface area contributed by atoms with Gasteiger partial charge in [-0.15, -0.1) is 0 Å². The molecule has 14 heavy (non-hydrogen) atoms. The summed E-state index contributed by atoms with van der Waals surface area (Å²) >= 11 is 5.85. The monoisotopic (exact) mass is 215 g/mol. The van der Waals surface area contributed by atoms with Crippen LogP contribution in [0.25, 0.3) is 0 Å². The number of halogens is 1. The summed E-state index contributed by atoms with van der Waals surface area (Å²) in [6.45, 7) is 1.80. The van der Waals surface area contributed by atoms with Gasteiger partial charge in [-0.05, 0) is 19.4 Å². The van der Waals surface area contributed by atoms with Crippen molar-refractivity contribution in [3.8, 4) is 5.75 Å². The van der Waals surface area contributed by atoms with E-state index >= 15 is 0 Å². The molecule has 1 aromatic heterocycles. The summed E-state index contributed by atoms with van der Waals surface area (Å²) in [5.74, 6) is 0.0578. The summed E-state index contributed by atoms with van der Waals surface area (Å²) < 4.78 is 1.64. The molecule has 0 radical (unpaired) electrons. The first-order valence-electron chi connectivity index (χ1n) is 4.91. The highest BCUT2D eigenvalue weighted by Gasteiger charge is 2.15. The zero-order valence-electron chi connectivity index (χ0n) is 7.91. The Labute approximate surface area is 87.9 Å². The van der Waals surface area contributed by atoms with E-state index in [2.05, 4.69) is 10.4 Å². The van der Waals surface area contributed by atoms with E-state index in [1.54, 1.807) is 4.68 Å². The molecule has 1 fully saturated rings. The average Bonchev–Trinajstić information content (AvgIpc) is 2.52. The minimum absolute atomic E-state index is 0.0578. The second kappa shape index (κ2) is 4.19. The maximum absolute atomic E-state index is 9.23. The third-order valence-corrected chi connectivity index (χ3v) is 2.95. The van der Waals surface area contributed by atoms with Crippen LogP contribution in [0.3, 0.4) is 0 Å². The molecule has 78 valence electrons. The predicted octanol–water partition coefficient (Wildman–Crippen LogP) is 1.38. The molecule has 0 aromatic carbocycles. The molecule has 0 amide bonds. The van der Waals surface area contributed by atoms with Gasteiger partial charge in [0, 0.05) is 6.04 Å². The quantitative estimate of drug-likeness (QED) is 0.784. The van der Waals surface area contributed by atoms with Crippen LogP contribution >= 0.6 is 11.6 Å². The van der Waals surface area contributed by atoms with Crippen molar-refractivity contribution in [3.05, 3.63) is 11.3 Å². The molecular formula is C9H14ClN3O. The number of hydrogen-bond acceptors (Lipinski definition) is 3. The number of hydrogen-bond donors (Lipinski definition) is 2. The van der Waals surface area contributed by atoms with Crippen LogP contribution in [0.15, 0.2) is 6.20 Å². The molecule has 1 aliphatic rings. The fourth-order valence-electron chi connectivity index (χ4n) is 1.78. The standard InChI is InChI=1S/C9H14ClN3O/c10-9-8(14)5-12-13(9)6-7-3-1-2-4-11-7/h5,7,11,14H,1-4,6H2. The first-order chi connectivity index (χ1) is 6.77. The number of piperidine rings is 1. The van der Waals surface area contributed by atoms with E-state index < -0.39 is 0 Å². The van der Waals surface area contributed by atoms with Crippen molar-refractivity contribution >= 4 is 11.6 Å². The molecule has 1 saturated heterocycles. The van der Waals surface area contributed by atoms with Gasteiger partial charge in [-0.2, -0.15) is 5.10 Å². The van der Waals surface area contributed by atoms with E-state index in [0.717, 1.165) is 19.5 Å². The van der Waals surface area contributed by atoms with Gasteiger partial charge >= 0.3 is 0 Å². The SMILES string of the molecule is Oc1cnn(CC2CCCCN2)c1Cl. The van der Waals surface area contributed by atoms with E-state index in [-0.39, 0.29) is 5.75 Å². The van der Waals surface area contributed by atoms with Crippen LogP contribution in [0.4, 0.5) is 0 Å². The summed E-state index contributed by atoms with van der Waals surface area (Å²) in [4.78, 5) is 0. The van der Waals surface area contributed by atoms with Crippen molar-refractivity contribution in [3.63, 3.8) is 0 Å². The van der Waals surface area contributed by atoms with Gasteiger partial charge in [-0.1, -0.05) is 18.0 Å². The molecule has 0 bridgehead atoms. The van der Waals surface area contributed by atoms with Crippen molar-refractivity contribution in [2.75, 3.05) is 6.54 Å². The highest BCUT2D eigenvalue weighted by Crippen LogP contribution is 2.22. The van der Waals surface area contributed by atoms with Gasteiger partial charge in [-0.3, -0.25) is 0 Å². The highest BCUT2D eigenvalue weighted by molar-refractivity contribution is 6.30. The Balaban J connectivity index is 1.99. The van der Waals surface area contributed by atoms with E-state index in [9.17, 15) is 5.11 Å². The Kier molecular flexibility index (Phi) is 2.93. The van der Waals surface area contributed by atoms with Gasteiger partial charge in [0.25, 0.3) is 0 Å². The van der Waals surface area contributed by atoms with Crippen LogP contribution in [0.2, 0.25) is 5.15 Å². The van der Waals surface area contributed by atoms with E-state index in [1.165, 1.54) is 19.0 Å². The van der Waals surface area contributed by atoms with Gasteiger partial charge < -0.3 is 10.4 Å². The third kappa shape index (κ3) is 2.01. The number of aromatic hydroxyl groups is 1. The van der Waals surface area contributed by atoms with E-state index in [1.807, 2.05) is 0 Å². The Bertz CT molecular complexity index is 307. The van der Waals surface area contributed by atoms with Gasteiger partial charge in [0.05, 0.1) is 12.7 Å². The number of rotatable bonds is 2. The smallest absolute Gasteiger partial charge is 0.172 e. The highest BCUT2D eigenvalue weighted by atomic mass is 35.5. The molecule has 1 aromatic rings. The molecule has 1 aliphatic heterocycles. The fraction of sp³-hybridized carbons (Fsp3) is 0.667. The van der Waals surface area contributed by atoms with Crippen molar-refractivity contribution in [1.82, 2.24) is 15.1 Å². The molecule has 0 aliphatic carbocycles. The first kappa shape index (κ1) is 9.80. The number of nitrogens with one attached hydrogen (secondary N) is 1. The van der Waals surface area contributed by atoms with Crippen molar-refractivity contribution in [2.45, 2.75) is 31.8 Å². The Morgan fingerprint density at radius 3 is 3.07 bits per heavy atom. The average molecular weight is 216 g/mol. The lowest BCUT2D eigenvalue weighted by Crippen LogP contribution is -2.37. The summed E-state index contributed by atoms with van der Waals surface area (Å²) in [6, 6.07) is 0.431. The van der Waals surface area contributed by atoms with Crippen LogP contribution in [0.5, 0.6) is 5.75 Å². The molecule has 1 unspecified atom stereocenters. The molecular weight excluding hydrogens is 202 g/mol. The van der Waals surface area contributed by atoms with Crippen molar-refractivity contribution in [2.24, 2.45) is 0 Å². The molecule has 4 nitrogen and oxygen atoms in total. The Morgan fingerprint density at radius 1 is 1.64 bits per heavy atom. The molecule has 5 heteroatoms. The maximum atomic E-state index is 9.23. The summed E-state index contributed by atoms with van der Waals surface area (Å²) in [7, 11) is 0. The number of nitrogens with zero attached hydrogens (tertiary/aromatic N) is 2. The minimum Gasteiger partial charge on any atom is -0.504 e. The summed E-state index contributed by atoms with van der Waals surface area (Å²) in [5, 5.41) is 17.0. The van der Waals surface area contributed by atoms with Crippen LogP contribution in [-0.4, -0.2) is 27.5 Å². The van der Waals surface area contributed by atoms with E-state index in [0.29, 0.717) is 11.2 Å². The topological polar surface area (TPSA) is 50.1 Å². The predicted molar refractivity (Wildman–Crippen MR) is 54.5 cm³/mol. The van der Waals surface area contributed by atoms with Crippen LogP contribution in [-0.2, 0) is 6.54 Å². The second-order valence-electron chi connectivity index (χ2n) is 3.65. The van der Waals surface area contributed by atoms with Crippen molar-refractivity contribution < 1.29 is 5.11 Å². The number of aromatic nitrogens is 2. The molecule has 0 spiro atoms. The van der Waals surface area contributed by atoms with Gasteiger partial charge in [0.2, 0.25) is 0 Å². The molecule has 1 atom stereocenters. The van der Waals surface area contributed by atoms with Crippen LogP contribution in [0.1, 0.15) is 19.3 Å². The largest absolute Gasteiger partial charge is 0.504 e. The Hall–Kier alpha value is -0.740. The third-order valence-electron chi connectivity index (χ3n) is 2.56. The molecule has 0 saturated carbocycles. The first-order valence-corrected chi connectivity index (χ1v) is 5.29. The van der Waals surface area contributed by atoms with E-state index in [4.69, 9.17) is 11.6 Å². The van der Waals surface area contributed by atoms with Crippen LogP contribution < -0.4 is 5.32 Å². The fourth-order valence-corrected chi connectivity index (χ4v) is 1.94. The van der Waals surface area contributed by atoms with Crippen molar-refractivity contribution in [1.29, 1.82) is 0 Å². The zero-order valence-corrected chi connectivity index (χ0v) is 8.67. The van der Waals surface area contributed by atoms with Gasteiger partial charge in [0.1, 0.15) is 0 Å². The maximum Gasteiger partial charge on any atom is 0.172 e. The van der Waals surface area contributed by atoms with Crippen LogP contribution in [0, 0.1) is 0 Å². The lowest BCUT2D eigenvalue weighted by Gasteiger charge is -2.23. The Morgan fingerprint density at radius 2 is 2.50 bits per heavy atom. The van der Waals surface area contributed by atoms with Gasteiger partial charge in [0.15, 0.2) is 10.9 Å². The summed E-state index contributed by atoms with van der Waals surface area (Å²) in [6.07, 6.45) is 5.03. The second-order valence-corrected chi connectivity index (χ2v) is 4.01. The van der Waals surface area contributed by atoms with Gasteiger partial charge in [-0.25, -0.2) is 4.68 Å². The lowest BCUT2D eigenvalue weighted by atomic mass is 10.1. The molecule has 2 heterocycles.